The maximum Gasteiger partial charge on any atom is 0.273 e. The standard InChI is InChI=1S/C29H34N4O5/c1-16-15-32(17(2)13-23(16)30-26(34)24-14-25(38-31-24)18-7-8-18)27(35)19-9-11-20(12-10-19)33-28(36)21-5-3-4-6-22(21)29(33)37/h3-6,14,16-20,23H,7-13,15H2,1-2H3,(H,30,34). The molecule has 2 aromatic rings. The smallest absolute Gasteiger partial charge is 0.273 e. The summed E-state index contributed by atoms with van der Waals surface area (Å²) in [6, 6.07) is 8.49. The lowest BCUT2D eigenvalue weighted by Gasteiger charge is -2.44. The number of benzene rings is 1. The Balaban J connectivity index is 1.03. The van der Waals surface area contributed by atoms with Gasteiger partial charge in [0.15, 0.2) is 5.69 Å². The predicted octanol–water partition coefficient (Wildman–Crippen LogP) is 3.76. The topological polar surface area (TPSA) is 113 Å². The van der Waals surface area contributed by atoms with Gasteiger partial charge in [-0.25, -0.2) is 0 Å². The molecule has 1 aromatic heterocycles. The van der Waals surface area contributed by atoms with Gasteiger partial charge in [0.2, 0.25) is 5.91 Å². The van der Waals surface area contributed by atoms with Crippen LogP contribution in [0.2, 0.25) is 0 Å². The Kier molecular flexibility index (Phi) is 6.32. The van der Waals surface area contributed by atoms with Crippen LogP contribution in [-0.2, 0) is 4.79 Å². The maximum atomic E-state index is 13.5. The summed E-state index contributed by atoms with van der Waals surface area (Å²) in [4.78, 5) is 55.4. The third kappa shape index (κ3) is 4.41. The van der Waals surface area contributed by atoms with Gasteiger partial charge in [0, 0.05) is 42.6 Å². The first-order valence-electron chi connectivity index (χ1n) is 13.9. The first kappa shape index (κ1) is 24.8. The summed E-state index contributed by atoms with van der Waals surface area (Å²) in [7, 11) is 0. The molecular weight excluding hydrogens is 484 g/mol. The number of hydrogen-bond acceptors (Lipinski definition) is 6. The van der Waals surface area contributed by atoms with Crippen LogP contribution in [0, 0.1) is 11.8 Å². The second kappa shape index (κ2) is 9.67. The maximum absolute atomic E-state index is 13.5. The molecule has 3 unspecified atom stereocenters. The van der Waals surface area contributed by atoms with Crippen molar-refractivity contribution < 1.29 is 23.7 Å². The Morgan fingerprint density at radius 3 is 2.26 bits per heavy atom. The van der Waals surface area contributed by atoms with E-state index in [2.05, 4.69) is 17.4 Å². The Hall–Kier alpha value is -3.49. The van der Waals surface area contributed by atoms with Crippen molar-refractivity contribution in [2.24, 2.45) is 11.8 Å². The number of likely N-dealkylation sites (tertiary alicyclic amines) is 1. The molecule has 3 fully saturated rings. The largest absolute Gasteiger partial charge is 0.360 e. The fourth-order valence-corrected chi connectivity index (χ4v) is 6.41. The van der Waals surface area contributed by atoms with Gasteiger partial charge in [-0.1, -0.05) is 24.2 Å². The van der Waals surface area contributed by atoms with Gasteiger partial charge in [0.25, 0.3) is 17.7 Å². The van der Waals surface area contributed by atoms with Crippen molar-refractivity contribution in [1.29, 1.82) is 0 Å². The third-order valence-electron chi connectivity index (χ3n) is 8.88. The van der Waals surface area contributed by atoms with Gasteiger partial charge in [-0.2, -0.15) is 0 Å². The number of carbonyl (C=O) groups excluding carboxylic acids is 4. The fourth-order valence-electron chi connectivity index (χ4n) is 6.41. The number of rotatable bonds is 5. The zero-order valence-electron chi connectivity index (χ0n) is 21.9. The number of nitrogens with zero attached hydrogens (tertiary/aromatic N) is 3. The number of piperidine rings is 1. The molecule has 0 bridgehead atoms. The summed E-state index contributed by atoms with van der Waals surface area (Å²) in [5.74, 6) is 0.649. The number of imide groups is 1. The van der Waals surface area contributed by atoms with E-state index in [4.69, 9.17) is 4.52 Å². The quantitative estimate of drug-likeness (QED) is 0.603. The van der Waals surface area contributed by atoms with E-state index >= 15 is 0 Å². The van der Waals surface area contributed by atoms with E-state index < -0.39 is 0 Å². The van der Waals surface area contributed by atoms with Crippen molar-refractivity contribution in [3.8, 4) is 0 Å². The van der Waals surface area contributed by atoms with Crippen molar-refractivity contribution in [2.45, 2.75) is 82.8 Å². The van der Waals surface area contributed by atoms with Crippen LogP contribution in [-0.4, -0.2) is 63.3 Å². The van der Waals surface area contributed by atoms with Crippen LogP contribution in [0.15, 0.2) is 34.9 Å². The molecule has 1 N–H and O–H groups in total. The van der Waals surface area contributed by atoms with Crippen molar-refractivity contribution in [2.75, 3.05) is 6.54 Å². The molecule has 4 amide bonds. The minimum absolute atomic E-state index is 0.00251. The van der Waals surface area contributed by atoms with Crippen molar-refractivity contribution in [1.82, 2.24) is 20.3 Å². The Morgan fingerprint density at radius 1 is 0.974 bits per heavy atom. The number of carbonyl (C=O) groups is 4. The number of nitrogens with one attached hydrogen (secondary N) is 1. The number of hydrogen-bond donors (Lipinski definition) is 1. The lowest BCUT2D eigenvalue weighted by atomic mass is 9.82. The van der Waals surface area contributed by atoms with E-state index in [1.54, 1.807) is 30.3 Å². The van der Waals surface area contributed by atoms with Gasteiger partial charge in [0.05, 0.1) is 11.1 Å². The molecule has 1 saturated heterocycles. The molecule has 0 radical (unpaired) electrons. The minimum Gasteiger partial charge on any atom is -0.360 e. The van der Waals surface area contributed by atoms with Gasteiger partial charge in [0.1, 0.15) is 5.76 Å². The molecule has 2 aliphatic heterocycles. The van der Waals surface area contributed by atoms with E-state index in [-0.39, 0.29) is 53.6 Å². The molecule has 200 valence electrons. The third-order valence-corrected chi connectivity index (χ3v) is 8.88. The molecule has 3 atom stereocenters. The number of fused-ring (bicyclic) bond motifs is 1. The van der Waals surface area contributed by atoms with Crippen LogP contribution in [0.3, 0.4) is 0 Å². The van der Waals surface area contributed by atoms with Gasteiger partial charge in [-0.3, -0.25) is 24.1 Å². The molecule has 3 heterocycles. The van der Waals surface area contributed by atoms with Gasteiger partial charge in [-0.05, 0) is 69.9 Å². The van der Waals surface area contributed by atoms with Gasteiger partial charge < -0.3 is 14.7 Å². The van der Waals surface area contributed by atoms with Crippen LogP contribution in [0.4, 0.5) is 0 Å². The molecule has 6 rings (SSSR count). The molecule has 1 aromatic carbocycles. The number of aromatic nitrogens is 1. The SMILES string of the molecule is CC1CN(C(=O)C2CCC(N3C(=O)c4ccccc4C3=O)CC2)C(C)CC1NC(=O)c1cc(C2CC2)on1. The zero-order chi connectivity index (χ0) is 26.6. The van der Waals surface area contributed by atoms with E-state index in [0.717, 1.165) is 18.6 Å². The second-order valence-corrected chi connectivity index (χ2v) is 11.6. The normalized spacial score (nSPS) is 29.4. The predicted molar refractivity (Wildman–Crippen MR) is 137 cm³/mol. The minimum atomic E-state index is -0.226. The molecule has 2 saturated carbocycles. The summed E-state index contributed by atoms with van der Waals surface area (Å²) in [5, 5.41) is 7.06. The zero-order valence-corrected chi connectivity index (χ0v) is 21.9. The highest BCUT2D eigenvalue weighted by molar-refractivity contribution is 6.21. The van der Waals surface area contributed by atoms with Crippen molar-refractivity contribution in [3.63, 3.8) is 0 Å². The fraction of sp³-hybridized carbons (Fsp3) is 0.552. The van der Waals surface area contributed by atoms with E-state index in [9.17, 15) is 19.2 Å². The molecule has 38 heavy (non-hydrogen) atoms. The highest BCUT2D eigenvalue weighted by Gasteiger charge is 2.43. The molecule has 0 spiro atoms. The average Bonchev–Trinajstić information content (AvgIpc) is 3.59. The van der Waals surface area contributed by atoms with Crippen LogP contribution in [0.5, 0.6) is 0 Å². The van der Waals surface area contributed by atoms with Crippen LogP contribution in [0.1, 0.15) is 102 Å². The molecule has 4 aliphatic rings. The summed E-state index contributed by atoms with van der Waals surface area (Å²) >= 11 is 0. The molecule has 2 aliphatic carbocycles. The van der Waals surface area contributed by atoms with Crippen molar-refractivity contribution in [3.05, 3.63) is 52.9 Å². The highest BCUT2D eigenvalue weighted by atomic mass is 16.5. The van der Waals surface area contributed by atoms with Crippen LogP contribution in [0.25, 0.3) is 0 Å². The van der Waals surface area contributed by atoms with E-state index in [0.29, 0.717) is 61.4 Å². The summed E-state index contributed by atoms with van der Waals surface area (Å²) in [6.07, 6.45) is 5.44. The molecular formula is C29H34N4O5. The van der Waals surface area contributed by atoms with Crippen molar-refractivity contribution >= 4 is 23.6 Å². The van der Waals surface area contributed by atoms with Crippen LogP contribution < -0.4 is 5.32 Å². The Morgan fingerprint density at radius 2 is 1.63 bits per heavy atom. The molecule has 9 heteroatoms. The lowest BCUT2D eigenvalue weighted by molar-refractivity contribution is -0.141. The first-order chi connectivity index (χ1) is 18.3. The van der Waals surface area contributed by atoms with E-state index in [1.165, 1.54) is 4.90 Å². The Bertz CT molecular complexity index is 1240. The van der Waals surface area contributed by atoms with Gasteiger partial charge >= 0.3 is 0 Å². The lowest BCUT2D eigenvalue weighted by Crippen LogP contribution is -2.56. The first-order valence-corrected chi connectivity index (χ1v) is 13.9. The summed E-state index contributed by atoms with van der Waals surface area (Å²) in [5.41, 5.74) is 1.26. The van der Waals surface area contributed by atoms with E-state index in [1.807, 2.05) is 11.8 Å². The van der Waals surface area contributed by atoms with Gasteiger partial charge in [-0.15, -0.1) is 0 Å². The highest BCUT2D eigenvalue weighted by Crippen LogP contribution is 2.40. The number of amides is 4. The summed E-state index contributed by atoms with van der Waals surface area (Å²) in [6.45, 7) is 4.68. The monoisotopic (exact) mass is 518 g/mol. The summed E-state index contributed by atoms with van der Waals surface area (Å²) < 4.78 is 5.33. The Labute approximate surface area is 221 Å². The molecule has 9 nitrogen and oxygen atoms in total. The average molecular weight is 519 g/mol. The van der Waals surface area contributed by atoms with Crippen LogP contribution >= 0.6 is 0 Å². The second-order valence-electron chi connectivity index (χ2n) is 11.6.